The van der Waals surface area contributed by atoms with Crippen LogP contribution < -0.4 is 0 Å². The van der Waals surface area contributed by atoms with Crippen LogP contribution in [0.25, 0.3) is 0 Å². The third kappa shape index (κ3) is 2.87. The predicted octanol–water partition coefficient (Wildman–Crippen LogP) is 2.71. The number of ketones is 1. The number of Topliss-reactive ketones (excluding diaryl/α,β-unsaturated/α-hetero) is 1. The topological polar surface area (TPSA) is 17.1 Å². The molecule has 1 aliphatic rings. The van der Waals surface area contributed by atoms with Crippen LogP contribution in [0.5, 0.6) is 0 Å². The van der Waals surface area contributed by atoms with Crippen molar-refractivity contribution in [2.24, 2.45) is 5.92 Å². The molecule has 0 bridgehead atoms. The molecule has 1 rings (SSSR count). The van der Waals surface area contributed by atoms with Crippen LogP contribution in [-0.2, 0) is 4.79 Å². The van der Waals surface area contributed by atoms with Crippen molar-refractivity contribution < 1.29 is 4.79 Å². The molecule has 1 nitrogen and oxygen atoms in total. The van der Waals surface area contributed by atoms with Gasteiger partial charge in [-0.15, -0.1) is 6.58 Å². The van der Waals surface area contributed by atoms with Gasteiger partial charge in [0.05, 0.1) is 0 Å². The molecule has 0 spiro atoms. The second-order valence-corrected chi connectivity index (χ2v) is 3.34. The highest BCUT2D eigenvalue weighted by atomic mass is 16.1. The molecule has 0 aromatic heterocycles. The van der Waals surface area contributed by atoms with Gasteiger partial charge in [-0.3, -0.25) is 4.79 Å². The van der Waals surface area contributed by atoms with Gasteiger partial charge >= 0.3 is 0 Å². The first-order valence-electron chi connectivity index (χ1n) is 4.47. The van der Waals surface area contributed by atoms with Gasteiger partial charge in [-0.1, -0.05) is 18.9 Å². The fraction of sp³-hybridized carbons (Fsp3) is 0.700. The first-order chi connectivity index (χ1) is 5.33. The van der Waals surface area contributed by atoms with E-state index in [1.54, 1.807) is 0 Å². The molecule has 0 aromatic rings. The van der Waals surface area contributed by atoms with E-state index in [-0.39, 0.29) is 0 Å². The quantitative estimate of drug-likeness (QED) is 0.528. The zero-order valence-corrected chi connectivity index (χ0v) is 7.01. The molecule has 0 heterocycles. The first kappa shape index (κ1) is 8.51. The lowest BCUT2D eigenvalue weighted by Crippen LogP contribution is -2.09. The van der Waals surface area contributed by atoms with E-state index in [0.717, 1.165) is 25.7 Å². The van der Waals surface area contributed by atoms with Gasteiger partial charge in [0.15, 0.2) is 0 Å². The molecule has 1 saturated carbocycles. The molecule has 1 fully saturated rings. The molecule has 62 valence electrons. The fourth-order valence-electron chi connectivity index (χ4n) is 1.60. The summed E-state index contributed by atoms with van der Waals surface area (Å²) in [6.45, 7) is 3.74. The summed E-state index contributed by atoms with van der Waals surface area (Å²) in [5.74, 6) is 0.886. The summed E-state index contributed by atoms with van der Waals surface area (Å²) in [5, 5.41) is 0. The van der Waals surface area contributed by atoms with Gasteiger partial charge in [0, 0.05) is 12.8 Å². The van der Waals surface area contributed by atoms with E-state index in [2.05, 4.69) is 6.58 Å². The fourth-order valence-corrected chi connectivity index (χ4v) is 1.60. The largest absolute Gasteiger partial charge is 0.300 e. The monoisotopic (exact) mass is 152 g/mol. The van der Waals surface area contributed by atoms with E-state index in [1.807, 2.05) is 6.08 Å². The summed E-state index contributed by atoms with van der Waals surface area (Å²) in [5.41, 5.74) is 0. The average Bonchev–Trinajstić information content (AvgIpc) is 1.96. The van der Waals surface area contributed by atoms with Crippen molar-refractivity contribution in [2.45, 2.75) is 38.5 Å². The Kier molecular flexibility index (Phi) is 3.34. The van der Waals surface area contributed by atoms with Gasteiger partial charge in [0.1, 0.15) is 5.78 Å². The van der Waals surface area contributed by atoms with E-state index in [4.69, 9.17) is 0 Å². The highest BCUT2D eigenvalue weighted by molar-refractivity contribution is 5.78. The third-order valence-electron chi connectivity index (χ3n) is 2.35. The number of carbonyl (C=O) groups excluding carboxylic acids is 1. The summed E-state index contributed by atoms with van der Waals surface area (Å²) in [6, 6.07) is 0. The summed E-state index contributed by atoms with van der Waals surface area (Å²) < 4.78 is 0. The molecule has 1 unspecified atom stereocenters. The van der Waals surface area contributed by atoms with E-state index >= 15 is 0 Å². The lowest BCUT2D eigenvalue weighted by Gasteiger charge is -2.14. The zero-order chi connectivity index (χ0) is 8.10. The maximum Gasteiger partial charge on any atom is 0.133 e. The summed E-state index contributed by atoms with van der Waals surface area (Å²) >= 11 is 0. The van der Waals surface area contributed by atoms with Crippen molar-refractivity contribution in [3.8, 4) is 0 Å². The molecule has 0 saturated heterocycles. The molecule has 0 amide bonds. The Bertz CT molecular complexity index is 149. The van der Waals surface area contributed by atoms with Gasteiger partial charge in [-0.05, 0) is 18.8 Å². The van der Waals surface area contributed by atoms with Crippen molar-refractivity contribution in [1.82, 2.24) is 0 Å². The minimum Gasteiger partial charge on any atom is -0.300 e. The number of hydrogen-bond donors (Lipinski definition) is 0. The van der Waals surface area contributed by atoms with Crippen LogP contribution in [0, 0.1) is 5.92 Å². The SMILES string of the molecule is C=CC1CCCCCC(=O)C1. The third-order valence-corrected chi connectivity index (χ3v) is 2.35. The number of hydrogen-bond acceptors (Lipinski definition) is 1. The Hall–Kier alpha value is -0.590. The average molecular weight is 152 g/mol. The van der Waals surface area contributed by atoms with Gasteiger partial charge < -0.3 is 0 Å². The van der Waals surface area contributed by atoms with Crippen LogP contribution in [0.15, 0.2) is 12.7 Å². The van der Waals surface area contributed by atoms with E-state index < -0.39 is 0 Å². The summed E-state index contributed by atoms with van der Waals surface area (Å²) in [4.78, 5) is 11.2. The van der Waals surface area contributed by atoms with Crippen LogP contribution in [0.1, 0.15) is 38.5 Å². The Balaban J connectivity index is 2.41. The Labute approximate surface area is 68.5 Å². The standard InChI is InChI=1S/C10H16O/c1-2-9-6-4-3-5-7-10(11)8-9/h2,9H,1,3-8H2. The highest BCUT2D eigenvalue weighted by Crippen LogP contribution is 2.20. The molecule has 0 aliphatic heterocycles. The maximum atomic E-state index is 11.2. The van der Waals surface area contributed by atoms with Gasteiger partial charge in [-0.25, -0.2) is 0 Å². The van der Waals surface area contributed by atoms with E-state index in [9.17, 15) is 4.79 Å². The number of allylic oxidation sites excluding steroid dienone is 1. The van der Waals surface area contributed by atoms with E-state index in [0.29, 0.717) is 11.7 Å². The molecule has 11 heavy (non-hydrogen) atoms. The Morgan fingerprint density at radius 2 is 2.18 bits per heavy atom. The number of rotatable bonds is 1. The first-order valence-corrected chi connectivity index (χ1v) is 4.47. The summed E-state index contributed by atoms with van der Waals surface area (Å²) in [7, 11) is 0. The molecule has 0 aromatic carbocycles. The Morgan fingerprint density at radius 3 is 2.91 bits per heavy atom. The predicted molar refractivity (Wildman–Crippen MR) is 46.4 cm³/mol. The molecule has 0 N–H and O–H groups in total. The normalized spacial score (nSPS) is 27.3. The maximum absolute atomic E-state index is 11.2. The highest BCUT2D eigenvalue weighted by Gasteiger charge is 2.12. The van der Waals surface area contributed by atoms with Gasteiger partial charge in [0.25, 0.3) is 0 Å². The van der Waals surface area contributed by atoms with Crippen LogP contribution in [0.2, 0.25) is 0 Å². The van der Waals surface area contributed by atoms with Crippen LogP contribution >= 0.6 is 0 Å². The minimum absolute atomic E-state index is 0.426. The van der Waals surface area contributed by atoms with Crippen molar-refractivity contribution in [3.63, 3.8) is 0 Å². The minimum atomic E-state index is 0.426. The van der Waals surface area contributed by atoms with Crippen molar-refractivity contribution in [2.75, 3.05) is 0 Å². The van der Waals surface area contributed by atoms with Gasteiger partial charge in [-0.2, -0.15) is 0 Å². The van der Waals surface area contributed by atoms with Crippen LogP contribution in [0.3, 0.4) is 0 Å². The van der Waals surface area contributed by atoms with Crippen molar-refractivity contribution in [1.29, 1.82) is 0 Å². The molecular weight excluding hydrogens is 136 g/mol. The smallest absolute Gasteiger partial charge is 0.133 e. The van der Waals surface area contributed by atoms with Crippen LogP contribution in [0.4, 0.5) is 0 Å². The van der Waals surface area contributed by atoms with E-state index in [1.165, 1.54) is 12.8 Å². The molecular formula is C10H16O. The Morgan fingerprint density at radius 1 is 1.36 bits per heavy atom. The molecule has 1 atom stereocenters. The molecule has 1 heteroatoms. The molecule has 0 radical (unpaired) electrons. The summed E-state index contributed by atoms with van der Waals surface area (Å²) in [6.07, 6.45) is 8.22. The lowest BCUT2D eigenvalue weighted by atomic mass is 9.91. The lowest BCUT2D eigenvalue weighted by molar-refractivity contribution is -0.120. The van der Waals surface area contributed by atoms with Crippen molar-refractivity contribution in [3.05, 3.63) is 12.7 Å². The van der Waals surface area contributed by atoms with Crippen LogP contribution in [-0.4, -0.2) is 5.78 Å². The molecule has 1 aliphatic carbocycles. The van der Waals surface area contributed by atoms with Crippen molar-refractivity contribution >= 4 is 5.78 Å². The van der Waals surface area contributed by atoms with Gasteiger partial charge in [0.2, 0.25) is 0 Å². The zero-order valence-electron chi connectivity index (χ0n) is 7.01. The number of carbonyl (C=O) groups is 1. The second kappa shape index (κ2) is 4.32. The second-order valence-electron chi connectivity index (χ2n) is 3.34.